The molecule has 124 valence electrons. The molecule has 1 spiro atoms. The summed E-state index contributed by atoms with van der Waals surface area (Å²) in [6.45, 7) is 0.737. The number of anilines is 2. The molecule has 1 aromatic heterocycles. The Balaban J connectivity index is 1.81. The molecule has 1 fully saturated rings. The predicted octanol–water partition coefficient (Wildman–Crippen LogP) is 4.23. The molecule has 24 heavy (non-hydrogen) atoms. The van der Waals surface area contributed by atoms with Crippen LogP contribution in [0, 0.1) is 5.82 Å². The van der Waals surface area contributed by atoms with Crippen molar-refractivity contribution in [3.63, 3.8) is 0 Å². The van der Waals surface area contributed by atoms with Gasteiger partial charge in [0.25, 0.3) is 0 Å². The molecule has 0 saturated heterocycles. The number of pyridine rings is 1. The third-order valence-electron chi connectivity index (χ3n) is 5.05. The average molecular weight is 347 g/mol. The van der Waals surface area contributed by atoms with E-state index in [0.717, 1.165) is 42.9 Å². The molecule has 0 bridgehead atoms. The molecule has 2 heterocycles. The van der Waals surface area contributed by atoms with Gasteiger partial charge in [0.1, 0.15) is 11.5 Å². The summed E-state index contributed by atoms with van der Waals surface area (Å²) in [4.78, 5) is 18.4. The Kier molecular flexibility index (Phi) is 3.49. The predicted molar refractivity (Wildman–Crippen MR) is 89.5 cm³/mol. The first-order chi connectivity index (χ1) is 11.5. The number of nitrogens with zero attached hydrogens (tertiary/aromatic N) is 2. The topological polar surface area (TPSA) is 42.4 Å². The number of carbonyl (C=O) groups excluding carboxylic acids is 1. The summed E-state index contributed by atoms with van der Waals surface area (Å²) in [7, 11) is 1.35. The first-order valence-electron chi connectivity index (χ1n) is 7.86. The molecule has 1 aromatic carbocycles. The second-order valence-corrected chi connectivity index (χ2v) is 6.78. The lowest BCUT2D eigenvalue weighted by atomic mass is 9.67. The average Bonchev–Trinajstić information content (AvgIpc) is 2.91. The van der Waals surface area contributed by atoms with Crippen LogP contribution in [-0.2, 0) is 10.2 Å². The summed E-state index contributed by atoms with van der Waals surface area (Å²) >= 11 is 5.80. The Hall–Kier alpha value is -2.14. The van der Waals surface area contributed by atoms with Crippen LogP contribution in [0.15, 0.2) is 30.3 Å². The number of benzene rings is 1. The van der Waals surface area contributed by atoms with Gasteiger partial charge in [0.2, 0.25) is 0 Å². The molecule has 4 nitrogen and oxygen atoms in total. The minimum Gasteiger partial charge on any atom is -0.464 e. The normalized spacial score (nSPS) is 17.5. The molecule has 0 atom stereocenters. The molecule has 0 unspecified atom stereocenters. The molecule has 4 rings (SSSR count). The van der Waals surface area contributed by atoms with E-state index in [1.165, 1.54) is 13.2 Å². The maximum absolute atomic E-state index is 13.9. The molecular weight excluding hydrogens is 331 g/mol. The number of rotatable bonds is 2. The number of methoxy groups -OCH3 is 1. The third kappa shape index (κ3) is 2.18. The van der Waals surface area contributed by atoms with Crippen LogP contribution >= 0.6 is 11.6 Å². The van der Waals surface area contributed by atoms with Crippen molar-refractivity contribution >= 4 is 28.9 Å². The van der Waals surface area contributed by atoms with Crippen molar-refractivity contribution < 1.29 is 13.9 Å². The smallest absolute Gasteiger partial charge is 0.356 e. The summed E-state index contributed by atoms with van der Waals surface area (Å²) < 4.78 is 18.7. The van der Waals surface area contributed by atoms with Gasteiger partial charge in [-0.25, -0.2) is 14.2 Å². The Labute approximate surface area is 144 Å². The zero-order valence-corrected chi connectivity index (χ0v) is 13.9. The molecule has 6 heteroatoms. The number of hydrogen-bond acceptors (Lipinski definition) is 4. The lowest BCUT2D eigenvalue weighted by molar-refractivity contribution is 0.0593. The number of aromatic nitrogens is 1. The monoisotopic (exact) mass is 346 g/mol. The number of esters is 1. The number of hydrogen-bond donors (Lipinski definition) is 0. The highest BCUT2D eigenvalue weighted by Gasteiger charge is 2.49. The fraction of sp³-hybridized carbons (Fsp3) is 0.333. The maximum atomic E-state index is 13.9. The van der Waals surface area contributed by atoms with Gasteiger partial charge >= 0.3 is 5.97 Å². The van der Waals surface area contributed by atoms with Crippen molar-refractivity contribution in [1.29, 1.82) is 0 Å². The van der Waals surface area contributed by atoms with E-state index in [-0.39, 0.29) is 10.4 Å². The van der Waals surface area contributed by atoms with Crippen LogP contribution in [0.2, 0.25) is 5.02 Å². The largest absolute Gasteiger partial charge is 0.464 e. The molecule has 2 aliphatic rings. The Morgan fingerprint density at radius 2 is 2.12 bits per heavy atom. The molecular formula is C18H16ClFN2O2. The van der Waals surface area contributed by atoms with Crippen LogP contribution in [-0.4, -0.2) is 24.6 Å². The molecule has 2 aromatic rings. The number of fused-ring (bicyclic) bond motifs is 2. The van der Waals surface area contributed by atoms with E-state index in [0.29, 0.717) is 5.69 Å². The standard InChI is InChI=1S/C18H16ClFN2O2/c1-24-17(23)14-5-6-15-16(21-14)18(7-2-8-18)10-22(15)11-3-4-12(19)13(20)9-11/h3-6,9H,2,7-8,10H2,1H3. The summed E-state index contributed by atoms with van der Waals surface area (Å²) in [6.07, 6.45) is 3.17. The second kappa shape index (κ2) is 5.45. The van der Waals surface area contributed by atoms with Crippen LogP contribution in [0.4, 0.5) is 15.8 Å². The van der Waals surface area contributed by atoms with E-state index >= 15 is 0 Å². The molecule has 1 saturated carbocycles. The Bertz CT molecular complexity index is 836. The third-order valence-corrected chi connectivity index (χ3v) is 5.35. The van der Waals surface area contributed by atoms with Crippen LogP contribution in [0.1, 0.15) is 35.4 Å². The Morgan fingerprint density at radius 3 is 2.75 bits per heavy atom. The van der Waals surface area contributed by atoms with E-state index in [1.807, 2.05) is 6.07 Å². The van der Waals surface area contributed by atoms with Gasteiger partial charge in [-0.05, 0) is 43.2 Å². The highest BCUT2D eigenvalue weighted by atomic mass is 35.5. The van der Waals surface area contributed by atoms with Crippen molar-refractivity contribution in [2.45, 2.75) is 24.7 Å². The quantitative estimate of drug-likeness (QED) is 0.763. The van der Waals surface area contributed by atoms with Crippen LogP contribution < -0.4 is 4.90 Å². The summed E-state index contributed by atoms with van der Waals surface area (Å²) in [6, 6.07) is 8.34. The van der Waals surface area contributed by atoms with Gasteiger partial charge in [-0.1, -0.05) is 18.0 Å². The fourth-order valence-corrected chi connectivity index (χ4v) is 3.74. The lowest BCUT2D eigenvalue weighted by Crippen LogP contribution is -2.38. The summed E-state index contributed by atoms with van der Waals surface area (Å²) in [5.41, 5.74) is 2.83. The first-order valence-corrected chi connectivity index (χ1v) is 8.24. The zero-order chi connectivity index (χ0) is 16.9. The highest BCUT2D eigenvalue weighted by Crippen LogP contribution is 2.53. The first kappa shape index (κ1) is 15.4. The van der Waals surface area contributed by atoms with Crippen molar-refractivity contribution in [3.8, 4) is 0 Å². The van der Waals surface area contributed by atoms with E-state index in [9.17, 15) is 9.18 Å². The second-order valence-electron chi connectivity index (χ2n) is 6.37. The lowest BCUT2D eigenvalue weighted by Gasteiger charge is -2.38. The molecule has 1 aliphatic heterocycles. The van der Waals surface area contributed by atoms with Gasteiger partial charge < -0.3 is 9.64 Å². The van der Waals surface area contributed by atoms with E-state index in [1.54, 1.807) is 18.2 Å². The van der Waals surface area contributed by atoms with Crippen molar-refractivity contribution in [2.24, 2.45) is 0 Å². The van der Waals surface area contributed by atoms with E-state index < -0.39 is 11.8 Å². The minimum absolute atomic E-state index is 0.0600. The number of halogens is 2. The zero-order valence-electron chi connectivity index (χ0n) is 13.2. The van der Waals surface area contributed by atoms with E-state index in [4.69, 9.17) is 16.3 Å². The van der Waals surface area contributed by atoms with Gasteiger partial charge in [-0.15, -0.1) is 0 Å². The van der Waals surface area contributed by atoms with E-state index in [2.05, 4.69) is 9.88 Å². The summed E-state index contributed by atoms with van der Waals surface area (Å²) in [5, 5.41) is 0.107. The van der Waals surface area contributed by atoms with Crippen LogP contribution in [0.5, 0.6) is 0 Å². The minimum atomic E-state index is -0.441. The maximum Gasteiger partial charge on any atom is 0.356 e. The fourth-order valence-electron chi connectivity index (χ4n) is 3.62. The van der Waals surface area contributed by atoms with Crippen molar-refractivity contribution in [3.05, 3.63) is 52.6 Å². The van der Waals surface area contributed by atoms with Gasteiger partial charge in [-0.3, -0.25) is 0 Å². The van der Waals surface area contributed by atoms with Crippen LogP contribution in [0.3, 0.4) is 0 Å². The van der Waals surface area contributed by atoms with Crippen molar-refractivity contribution in [1.82, 2.24) is 4.98 Å². The SMILES string of the molecule is COC(=O)c1ccc2c(n1)C1(CCC1)CN2c1ccc(Cl)c(F)c1. The number of carbonyl (C=O) groups is 1. The molecule has 0 radical (unpaired) electrons. The summed E-state index contributed by atoms with van der Waals surface area (Å²) in [5.74, 6) is -0.882. The van der Waals surface area contributed by atoms with Crippen LogP contribution in [0.25, 0.3) is 0 Å². The molecule has 1 aliphatic carbocycles. The van der Waals surface area contributed by atoms with Gasteiger partial charge in [-0.2, -0.15) is 0 Å². The number of ether oxygens (including phenoxy) is 1. The van der Waals surface area contributed by atoms with Gasteiger partial charge in [0.05, 0.1) is 23.5 Å². The molecule has 0 N–H and O–H groups in total. The molecule has 0 amide bonds. The van der Waals surface area contributed by atoms with Gasteiger partial charge in [0, 0.05) is 17.6 Å². The van der Waals surface area contributed by atoms with Crippen molar-refractivity contribution in [2.75, 3.05) is 18.6 Å². The van der Waals surface area contributed by atoms with Gasteiger partial charge in [0.15, 0.2) is 0 Å². The highest BCUT2D eigenvalue weighted by molar-refractivity contribution is 6.30. The Morgan fingerprint density at radius 1 is 1.33 bits per heavy atom.